The van der Waals surface area contributed by atoms with Gasteiger partial charge in [0.1, 0.15) is 57.7 Å². The molecule has 0 bridgehead atoms. The van der Waals surface area contributed by atoms with Crippen LogP contribution in [-0.4, -0.2) is 47.6 Å². The summed E-state index contributed by atoms with van der Waals surface area (Å²) in [5.74, 6) is -5.55. The molecule has 11 nitrogen and oxygen atoms in total. The normalized spacial score (nSPS) is 25.6. The van der Waals surface area contributed by atoms with Gasteiger partial charge in [0.15, 0.2) is 0 Å². The smallest absolute Gasteiger partial charge is 0.287 e. The Morgan fingerprint density at radius 2 is 1.41 bits per heavy atom. The van der Waals surface area contributed by atoms with Crippen molar-refractivity contribution in [1.29, 1.82) is 0 Å². The third-order valence-electron chi connectivity index (χ3n) is 7.78. The number of aliphatic hydroxyl groups excluding tert-OH is 1. The quantitative estimate of drug-likeness (QED) is 0.192. The maximum Gasteiger partial charge on any atom is 0.287 e. The number of hydrogen-bond acceptors (Lipinski definition) is 11. The van der Waals surface area contributed by atoms with Gasteiger partial charge in [0.25, 0.3) is 11.4 Å². The van der Waals surface area contributed by atoms with Crippen LogP contribution in [0.25, 0.3) is 0 Å². The number of benzene rings is 4. The second kappa shape index (κ2) is 8.19. The number of phenolic OH excluding ortho intramolecular Hbond substituents is 5. The van der Waals surface area contributed by atoms with Crippen molar-refractivity contribution in [2.24, 2.45) is 0 Å². The van der Waals surface area contributed by atoms with E-state index in [1.807, 2.05) is 0 Å². The molecule has 7 N–H and O–H groups in total. The van der Waals surface area contributed by atoms with E-state index in [4.69, 9.17) is 14.2 Å². The maximum atomic E-state index is 14.3. The number of fused-ring (bicyclic) bond motifs is 5. The molecule has 41 heavy (non-hydrogen) atoms. The molecule has 0 fully saturated rings. The third-order valence-corrected chi connectivity index (χ3v) is 7.78. The lowest BCUT2D eigenvalue weighted by Crippen LogP contribution is -2.55. The van der Waals surface area contributed by atoms with Gasteiger partial charge in [-0.25, -0.2) is 0 Å². The van der Waals surface area contributed by atoms with Crippen molar-refractivity contribution < 1.29 is 54.8 Å². The second-order valence-electron chi connectivity index (χ2n) is 10.2. The molecule has 3 aliphatic rings. The van der Waals surface area contributed by atoms with E-state index in [0.717, 1.165) is 12.1 Å². The highest BCUT2D eigenvalue weighted by molar-refractivity contribution is 6.12. The van der Waals surface area contributed by atoms with Crippen LogP contribution in [0, 0.1) is 0 Å². The molecular weight excluding hydrogens is 536 g/mol. The van der Waals surface area contributed by atoms with Gasteiger partial charge in [0.2, 0.25) is 5.78 Å². The number of aromatic hydroxyl groups is 5. The minimum Gasteiger partial charge on any atom is -0.508 e. The fourth-order valence-electron chi connectivity index (χ4n) is 5.90. The zero-order valence-electron chi connectivity index (χ0n) is 21.0. The van der Waals surface area contributed by atoms with E-state index in [0.29, 0.717) is 5.56 Å². The Bertz CT molecular complexity index is 1750. The lowest BCUT2D eigenvalue weighted by atomic mass is 9.77. The molecule has 0 saturated carbocycles. The van der Waals surface area contributed by atoms with Crippen LogP contribution in [0.5, 0.6) is 46.0 Å². The molecule has 3 heterocycles. The first-order chi connectivity index (χ1) is 19.5. The van der Waals surface area contributed by atoms with Crippen molar-refractivity contribution in [1.82, 2.24) is 0 Å². The van der Waals surface area contributed by atoms with Gasteiger partial charge in [0.05, 0.1) is 11.7 Å². The molecule has 0 aromatic heterocycles. The van der Waals surface area contributed by atoms with Crippen LogP contribution >= 0.6 is 0 Å². The number of carbonyl (C=O) groups is 1. The maximum absolute atomic E-state index is 14.3. The van der Waals surface area contributed by atoms with Crippen LogP contribution in [-0.2, 0) is 17.8 Å². The van der Waals surface area contributed by atoms with E-state index in [-0.39, 0.29) is 63.2 Å². The zero-order chi connectivity index (χ0) is 28.8. The minimum absolute atomic E-state index is 0.00456. The Balaban J connectivity index is 1.50. The SMILES string of the molecule is O=C1c2c(O)cc(O)cc2O[C@]12c1c(cc(O)c3c1O[C@H](c1ccc(O)cc1)[C@@H](O)C3)O[C@]2(O)c1ccc(O)cc1. The fraction of sp³-hybridized carbons (Fsp3) is 0.167. The first-order valence-electron chi connectivity index (χ1n) is 12.6. The molecule has 208 valence electrons. The molecule has 4 atom stereocenters. The van der Waals surface area contributed by atoms with E-state index >= 15 is 0 Å². The van der Waals surface area contributed by atoms with Crippen molar-refractivity contribution in [3.8, 4) is 46.0 Å². The Hall–Kier alpha value is -5.13. The summed E-state index contributed by atoms with van der Waals surface area (Å²) in [6.45, 7) is 0. The van der Waals surface area contributed by atoms with Gasteiger partial charge in [0, 0.05) is 35.7 Å². The summed E-state index contributed by atoms with van der Waals surface area (Å²) in [6.07, 6.45) is -2.30. The number of carbonyl (C=O) groups excluding carboxylic acids is 1. The minimum atomic E-state index is -2.63. The number of aliphatic hydroxyl groups is 2. The van der Waals surface area contributed by atoms with Crippen LogP contribution in [0.2, 0.25) is 0 Å². The number of ketones is 1. The van der Waals surface area contributed by atoms with Crippen LogP contribution in [0.4, 0.5) is 0 Å². The van der Waals surface area contributed by atoms with Crippen molar-refractivity contribution in [3.05, 3.63) is 94.5 Å². The van der Waals surface area contributed by atoms with Gasteiger partial charge in [-0.3, -0.25) is 4.79 Å². The number of phenols is 5. The molecule has 0 radical (unpaired) electrons. The number of ether oxygens (including phenoxy) is 3. The lowest BCUT2D eigenvalue weighted by Gasteiger charge is -2.37. The van der Waals surface area contributed by atoms with Gasteiger partial charge < -0.3 is 50.0 Å². The standard InChI is InChI=1S/C30H22O11/c31-15-5-1-13(2-6-15)26-21(36)11-18-19(34)12-23-25(27(18)39-26)29(30(38,41-23)14-3-7-16(32)8-4-14)28(37)24-20(35)9-17(33)10-22(24)40-29/h1-10,12,21,26,31-36,38H,11H2/t21-,26+,29+,30+/m0/s1. The van der Waals surface area contributed by atoms with Crippen LogP contribution < -0.4 is 14.2 Å². The van der Waals surface area contributed by atoms with Gasteiger partial charge in [-0.1, -0.05) is 12.1 Å². The monoisotopic (exact) mass is 558 g/mol. The summed E-state index contributed by atoms with van der Waals surface area (Å²) in [7, 11) is 0. The third kappa shape index (κ3) is 3.24. The molecule has 11 heteroatoms. The highest BCUT2D eigenvalue weighted by Gasteiger charge is 2.73. The molecule has 0 saturated heterocycles. The number of hydrogen-bond donors (Lipinski definition) is 7. The molecule has 1 spiro atoms. The van der Waals surface area contributed by atoms with E-state index in [9.17, 15) is 40.5 Å². The first-order valence-corrected chi connectivity index (χ1v) is 12.6. The highest BCUT2D eigenvalue weighted by atomic mass is 16.7. The summed E-state index contributed by atoms with van der Waals surface area (Å²) in [4.78, 5) is 14.3. The molecule has 0 amide bonds. The molecule has 7 rings (SSSR count). The number of Topliss-reactive ketones (excluding diaryl/α,β-unsaturated/α-hetero) is 1. The molecule has 3 aliphatic heterocycles. The fourth-order valence-corrected chi connectivity index (χ4v) is 5.90. The topological polar surface area (TPSA) is 186 Å². The van der Waals surface area contributed by atoms with E-state index in [1.54, 1.807) is 12.1 Å². The van der Waals surface area contributed by atoms with Gasteiger partial charge in [-0.15, -0.1) is 0 Å². The van der Waals surface area contributed by atoms with Crippen molar-refractivity contribution in [3.63, 3.8) is 0 Å². The predicted molar refractivity (Wildman–Crippen MR) is 138 cm³/mol. The van der Waals surface area contributed by atoms with Crippen LogP contribution in [0.1, 0.15) is 38.7 Å². The summed E-state index contributed by atoms with van der Waals surface area (Å²) in [5.41, 5.74) is -2.34. The second-order valence-corrected chi connectivity index (χ2v) is 10.2. The molecule has 4 aromatic carbocycles. The summed E-state index contributed by atoms with van der Waals surface area (Å²) in [5, 5.41) is 74.6. The Morgan fingerprint density at radius 1 is 0.756 bits per heavy atom. The molecule has 0 unspecified atom stereocenters. The van der Waals surface area contributed by atoms with Gasteiger partial charge in [-0.05, 0) is 42.0 Å². The summed E-state index contributed by atoms with van der Waals surface area (Å²) in [6, 6.07) is 14.3. The average Bonchev–Trinajstić information content (AvgIpc) is 3.36. The predicted octanol–water partition coefficient (Wildman–Crippen LogP) is 2.96. The first kappa shape index (κ1) is 24.9. The van der Waals surface area contributed by atoms with E-state index in [1.165, 1.54) is 42.5 Å². The average molecular weight is 558 g/mol. The highest BCUT2D eigenvalue weighted by Crippen LogP contribution is 2.64. The zero-order valence-corrected chi connectivity index (χ0v) is 21.0. The van der Waals surface area contributed by atoms with Crippen LogP contribution in [0.15, 0.2) is 66.7 Å². The summed E-state index contributed by atoms with van der Waals surface area (Å²) < 4.78 is 18.5. The van der Waals surface area contributed by atoms with Crippen molar-refractivity contribution in [2.75, 3.05) is 0 Å². The van der Waals surface area contributed by atoms with Crippen molar-refractivity contribution in [2.45, 2.75) is 30.0 Å². The van der Waals surface area contributed by atoms with Gasteiger partial charge >= 0.3 is 0 Å². The van der Waals surface area contributed by atoms with Gasteiger partial charge in [-0.2, -0.15) is 0 Å². The Kier molecular flexibility index (Phi) is 4.97. The van der Waals surface area contributed by atoms with E-state index < -0.39 is 40.9 Å². The lowest BCUT2D eigenvalue weighted by molar-refractivity contribution is -0.218. The van der Waals surface area contributed by atoms with E-state index in [2.05, 4.69) is 0 Å². The van der Waals surface area contributed by atoms with Crippen LogP contribution in [0.3, 0.4) is 0 Å². The Labute approximate surface area is 231 Å². The Morgan fingerprint density at radius 3 is 2.10 bits per heavy atom. The number of rotatable bonds is 2. The summed E-state index contributed by atoms with van der Waals surface area (Å²) >= 11 is 0. The van der Waals surface area contributed by atoms with Crippen molar-refractivity contribution >= 4 is 5.78 Å². The molecule has 0 aliphatic carbocycles. The largest absolute Gasteiger partial charge is 0.508 e. The molecule has 4 aromatic rings. The molecular formula is C30H22O11.